The van der Waals surface area contributed by atoms with Crippen molar-refractivity contribution in [2.24, 2.45) is 0 Å². The molecule has 4 saturated heterocycles. The number of carbonyl (C=O) groups excluding carboxylic acids is 4. The van der Waals surface area contributed by atoms with E-state index in [1.807, 2.05) is 18.8 Å². The number of hydrogen-bond donors (Lipinski definition) is 11. The van der Waals surface area contributed by atoms with Gasteiger partial charge in [0.1, 0.15) is 107 Å². The van der Waals surface area contributed by atoms with Crippen molar-refractivity contribution in [3.05, 3.63) is 99.9 Å². The molecule has 12 rings (SSSR count). The Bertz CT molecular complexity index is 5570. The van der Waals surface area contributed by atoms with Gasteiger partial charge in [-0.15, -0.1) is 0 Å². The maximum Gasteiger partial charge on any atom is 0.459 e. The van der Waals surface area contributed by atoms with Crippen molar-refractivity contribution >= 4 is 119 Å². The summed E-state index contributed by atoms with van der Waals surface area (Å²) in [6.45, 7) is 24.5. The molecule has 0 aliphatic carbocycles. The number of alkyl halides is 2. The van der Waals surface area contributed by atoms with Crippen LogP contribution in [0.15, 0.2) is 71.2 Å². The summed E-state index contributed by atoms with van der Waals surface area (Å²) >= 11 is 2.98. The van der Waals surface area contributed by atoms with Crippen molar-refractivity contribution < 1.29 is 152 Å². The third kappa shape index (κ3) is 29.5. The average molecular weight is 2170 g/mol. The molecule has 11 N–H and O–H groups in total. The highest BCUT2D eigenvalue weighted by Gasteiger charge is 2.60. The average Bonchev–Trinajstić information content (AvgIpc) is 1.59. The van der Waals surface area contributed by atoms with Crippen LogP contribution in [-0.4, -0.2) is 308 Å². The van der Waals surface area contributed by atoms with Gasteiger partial charge in [0.2, 0.25) is 17.6 Å². The highest BCUT2D eigenvalue weighted by atomic mass is 32.7. The van der Waals surface area contributed by atoms with Crippen LogP contribution in [0.4, 0.5) is 8.78 Å². The van der Waals surface area contributed by atoms with Crippen molar-refractivity contribution in [1.82, 2.24) is 88.5 Å². The second kappa shape index (κ2) is 51.8. The van der Waals surface area contributed by atoms with E-state index in [0.717, 1.165) is 57.9 Å². The second-order valence-corrected chi connectivity index (χ2v) is 49.0. The summed E-state index contributed by atoms with van der Waals surface area (Å²) in [5, 5.41) is 76.0. The van der Waals surface area contributed by atoms with E-state index < -0.39 is 203 Å². The monoisotopic (exact) mass is 2170 g/mol. The fourth-order valence-corrected chi connectivity index (χ4v) is 27.1. The van der Waals surface area contributed by atoms with E-state index in [9.17, 15) is 77.7 Å². The Balaban J connectivity index is 0.000000214. The Hall–Kier alpha value is -8.26. The van der Waals surface area contributed by atoms with Gasteiger partial charge in [-0.3, -0.25) is 65.4 Å². The van der Waals surface area contributed by atoms with E-state index in [1.54, 1.807) is 101 Å². The molecule has 4 fully saturated rings. The van der Waals surface area contributed by atoms with Crippen LogP contribution in [0.3, 0.4) is 0 Å². The summed E-state index contributed by atoms with van der Waals surface area (Å²) in [6.07, 6.45) is -11.1. The van der Waals surface area contributed by atoms with E-state index in [4.69, 9.17) is 74.7 Å². The summed E-state index contributed by atoms with van der Waals surface area (Å²) in [5.41, 5.74) is -7.80. The molecule has 804 valence electrons. The lowest BCUT2D eigenvalue weighted by Crippen LogP contribution is -2.44. The lowest BCUT2D eigenvalue weighted by molar-refractivity contribution is -0.149. The number of aromatic amines is 1. The largest absolute Gasteiger partial charge is 0.476 e. The molecule has 1 aromatic carbocycles. The van der Waals surface area contributed by atoms with E-state index in [2.05, 4.69) is 65.2 Å². The number of aliphatic hydroxyl groups is 6. The normalized spacial score (nSPS) is 26.5. The number of rotatable bonds is 46. The van der Waals surface area contributed by atoms with Gasteiger partial charge in [-0.05, 0) is 144 Å². The van der Waals surface area contributed by atoms with Crippen LogP contribution in [0, 0.1) is 20.8 Å². The number of para-hydroxylation sites is 1. The topological polar surface area (TPSA) is 639 Å². The summed E-state index contributed by atoms with van der Waals surface area (Å²) < 4.78 is 178. The molecule has 4 aliphatic heterocycles. The minimum atomic E-state index is -4.30. The molecule has 4 aliphatic rings. The zero-order chi connectivity index (χ0) is 107. The first-order valence-corrected chi connectivity index (χ1v) is 57.4. The molecule has 0 bridgehead atoms. The van der Waals surface area contributed by atoms with Crippen LogP contribution >= 0.6 is 62.1 Å². The lowest BCUT2D eigenvalue weighted by atomic mass is 9.96. The molecule has 0 spiro atoms. The standard InChI is InChI=1S/C22H29FN3O9P.C21H33FN5O7PS.2C21H34N5O8PS/c1-13(2)33-19(29)14(3)25-36(31,35-15-8-6-5-7-9-15)32-12-16-18(28)22(4,23)20(34-16)26-11-10-17(27)24-21(26)30;1-7-31-18-15-17(24-13(5)25-18)27(11-23-15)20-21(6,22)16(28)14(34-20)10-33-35(30,36-9-3)26-12(4)19(29)32-8-2;2*1-7-31-18-15-17(23-13(5)24-18)26(11-22-15)20-21(6,29)16(27)14(34-20)10-33-35(30,36-9-3)25-12(4)19(28)32-8-2/h5-11,13-14,16,18,20,28H,12H2,1-4H3,(H,25,31)(H,24,27,30);11-12,14,16,20,28H,7-10H2,1-6H3,(H,26,30);2*11-12,14,16,20,27,29H,7-10H2,1-6H3,(H,25,30)/t14-,16?,18-,20-,22-,36+;2*12-,14-,16-,20-,21-,35+;12-,14-,16-,20-,21-,35-/m1111/s1. The molecule has 59 heteroatoms. The molecule has 0 amide bonds. The van der Waals surface area contributed by atoms with Crippen molar-refractivity contribution in [3.63, 3.8) is 0 Å². The van der Waals surface area contributed by atoms with Crippen molar-refractivity contribution in [3.8, 4) is 23.4 Å². The van der Waals surface area contributed by atoms with Gasteiger partial charge in [0, 0.05) is 29.5 Å². The SMILES string of the molecule is CC(C)OC(=O)[C@@H](C)N[P@](=O)(OCC1O[C@@H](n2ccc(=O)[nH]c2=O)[C@](C)(F)[C@@H]1O)Oc1ccccc1.CCOC(=O)[C@@H](C)N[P@@](=O)(OC[C@H]1O[C@@H](n2cnc3c(OCC)nc(C)nc32)[C@](C)(O)[C@@H]1O)SCC.CCOC(=O)[C@@H](C)N[P@](=O)(OC[C@H]1O[C@@H](n2cnc3c(OCC)nc(C)nc32)[C@](C)(F)[C@@H]1O)SCC.CCOC(=O)[C@@H](C)N[P@](=O)(OC[C@H]1O[C@@H](n2cnc3c(OCC)nc(C)nc32)[C@](C)(O)[C@@H]1O)SCC. The molecule has 144 heavy (non-hydrogen) atoms. The molecule has 0 saturated carbocycles. The Labute approximate surface area is 840 Å². The van der Waals surface area contributed by atoms with Gasteiger partial charge in [0.15, 0.2) is 69.7 Å². The van der Waals surface area contributed by atoms with Crippen molar-refractivity contribution in [2.75, 3.05) is 83.3 Å². The van der Waals surface area contributed by atoms with Crippen LogP contribution < -0.4 is 50.3 Å². The molecule has 24 atom stereocenters. The van der Waals surface area contributed by atoms with Crippen LogP contribution in [0.5, 0.6) is 23.4 Å². The number of H-pyrrole nitrogens is 1. The van der Waals surface area contributed by atoms with E-state index in [0.29, 0.717) is 94.2 Å². The van der Waals surface area contributed by atoms with Crippen molar-refractivity contribution in [1.29, 1.82) is 0 Å². The van der Waals surface area contributed by atoms with Crippen LogP contribution in [0.2, 0.25) is 0 Å². The predicted octanol–water partition coefficient (Wildman–Crippen LogP) is 8.52. The van der Waals surface area contributed by atoms with Crippen LogP contribution in [0.1, 0.15) is 174 Å². The molecule has 1 unspecified atom stereocenters. The number of nitrogens with zero attached hydrogens (tertiary/aromatic N) is 13. The number of aliphatic hydroxyl groups excluding tert-OH is 4. The molecule has 7 aromatic heterocycles. The lowest BCUT2D eigenvalue weighted by Gasteiger charge is -2.27. The summed E-state index contributed by atoms with van der Waals surface area (Å²) in [4.78, 5) is 113. The predicted molar refractivity (Wildman–Crippen MR) is 522 cm³/mol. The molecule has 11 heterocycles. The highest BCUT2D eigenvalue weighted by Crippen LogP contribution is 2.60. The number of nitrogens with one attached hydrogen (secondary N) is 5. The van der Waals surface area contributed by atoms with E-state index >= 15 is 8.78 Å². The maximum absolute atomic E-state index is 15.8. The second-order valence-electron chi connectivity index (χ2n) is 33.6. The fourth-order valence-electron chi connectivity index (χ4n) is 14.8. The van der Waals surface area contributed by atoms with Crippen LogP contribution in [-0.2, 0) is 93.4 Å². The van der Waals surface area contributed by atoms with Crippen LogP contribution in [0.25, 0.3) is 33.5 Å². The molecular formula is C85H130F2N18O32P4S3. The first-order chi connectivity index (χ1) is 67.7. The molecule has 50 nitrogen and oxygen atoms in total. The van der Waals surface area contributed by atoms with E-state index in [1.165, 1.54) is 93.3 Å². The quantitative estimate of drug-likeness (QED) is 0.00966. The number of ether oxygens (including phenoxy) is 11. The number of esters is 4. The number of hydrogen-bond acceptors (Lipinski definition) is 44. The zero-order valence-corrected chi connectivity index (χ0v) is 89.7. The van der Waals surface area contributed by atoms with Gasteiger partial charge in [-0.1, -0.05) is 73.1 Å². The fraction of sp³-hybridized carbons (Fsp3) is 0.659. The molecular weight excluding hydrogens is 2040 g/mol. The third-order valence-electron chi connectivity index (χ3n) is 21.7. The smallest absolute Gasteiger partial charge is 0.459 e. The summed E-state index contributed by atoms with van der Waals surface area (Å²) in [7, 11) is -4.30. The van der Waals surface area contributed by atoms with Gasteiger partial charge in [-0.25, -0.2) is 63.3 Å². The maximum atomic E-state index is 15.8. The summed E-state index contributed by atoms with van der Waals surface area (Å²) in [5.74, 6) is 1.16. The Morgan fingerprint density at radius 1 is 0.451 bits per heavy atom. The highest BCUT2D eigenvalue weighted by molar-refractivity contribution is 8.56. The number of fused-ring (bicyclic) bond motifs is 3. The first kappa shape index (κ1) is 119. The minimum Gasteiger partial charge on any atom is -0.476 e. The minimum absolute atomic E-state index is 0.152. The Morgan fingerprint density at radius 3 is 1.10 bits per heavy atom. The molecule has 0 radical (unpaired) electrons. The first-order valence-electron chi connectivity index (χ1n) is 46.2. The number of carbonyl (C=O) groups is 4. The van der Waals surface area contributed by atoms with Gasteiger partial charge < -0.3 is 101 Å². The number of aryl methyl sites for hydroxylation is 3. The number of halogens is 2. The van der Waals surface area contributed by atoms with Gasteiger partial charge in [0.25, 0.3) is 5.56 Å². The van der Waals surface area contributed by atoms with Crippen molar-refractivity contribution in [2.45, 2.75) is 279 Å². The number of benzene rings is 1. The van der Waals surface area contributed by atoms with E-state index in [-0.39, 0.29) is 50.3 Å². The van der Waals surface area contributed by atoms with Gasteiger partial charge in [0.05, 0.1) is 91.2 Å². The Kier molecular flexibility index (Phi) is 42.9. The molecule has 8 aromatic rings. The summed E-state index contributed by atoms with van der Waals surface area (Å²) in [6, 6.07) is 5.21. The number of imidazole rings is 3. The third-order valence-corrected chi connectivity index (χ3v) is 36.0. The van der Waals surface area contributed by atoms with Gasteiger partial charge in [-0.2, -0.15) is 20.0 Å². The van der Waals surface area contributed by atoms with Gasteiger partial charge >= 0.3 is 57.5 Å². The zero-order valence-electron chi connectivity index (χ0n) is 83.7. The Morgan fingerprint density at radius 2 is 0.771 bits per heavy atom. The number of aromatic nitrogens is 14.